The maximum atomic E-state index is 12.6. The number of benzene rings is 3. The zero-order chi connectivity index (χ0) is 20.7. The van der Waals surface area contributed by atoms with E-state index in [-0.39, 0.29) is 17.3 Å². The summed E-state index contributed by atoms with van der Waals surface area (Å²) in [5.41, 5.74) is 6.87. The van der Waals surface area contributed by atoms with Gasteiger partial charge < -0.3 is 0 Å². The summed E-state index contributed by atoms with van der Waals surface area (Å²) in [6.45, 7) is 0.0318. The molecule has 0 saturated heterocycles. The van der Waals surface area contributed by atoms with Gasteiger partial charge in [0.25, 0.3) is 5.91 Å². The summed E-state index contributed by atoms with van der Waals surface area (Å²) < 4.78 is 27.7. The number of halogens is 1. The van der Waals surface area contributed by atoms with Crippen LogP contribution in [0.3, 0.4) is 0 Å². The Balaban J connectivity index is 1.71. The van der Waals surface area contributed by atoms with Gasteiger partial charge in [-0.3, -0.25) is 10.2 Å². The van der Waals surface area contributed by atoms with Gasteiger partial charge in [-0.2, -0.15) is 0 Å². The lowest BCUT2D eigenvalue weighted by Crippen LogP contribution is -2.44. The van der Waals surface area contributed by atoms with Crippen LogP contribution in [0.4, 0.5) is 0 Å². The van der Waals surface area contributed by atoms with Crippen LogP contribution in [0.15, 0.2) is 89.8 Å². The average Bonchev–Trinajstić information content (AvgIpc) is 2.75. The maximum Gasteiger partial charge on any atom is 0.265 e. The normalized spacial score (nSPS) is 12.3. The Kier molecular flexibility index (Phi) is 7.00. The molecule has 0 spiro atoms. The Hall–Kier alpha value is -2.71. The number of carbonyl (C=O) groups is 1. The second-order valence-corrected chi connectivity index (χ2v) is 8.44. The van der Waals surface area contributed by atoms with E-state index in [1.165, 1.54) is 24.3 Å². The van der Waals surface area contributed by atoms with Crippen LogP contribution in [-0.2, 0) is 10.0 Å². The Labute approximate surface area is 174 Å². The van der Waals surface area contributed by atoms with Crippen LogP contribution in [-0.4, -0.2) is 20.9 Å². The predicted octanol–water partition coefficient (Wildman–Crippen LogP) is 3.29. The smallest absolute Gasteiger partial charge is 0.265 e. The zero-order valence-electron chi connectivity index (χ0n) is 15.4. The second kappa shape index (κ2) is 9.67. The number of hydrogen-bond acceptors (Lipinski definition) is 4. The van der Waals surface area contributed by atoms with Gasteiger partial charge in [-0.05, 0) is 42.0 Å². The number of amides is 1. The first-order valence-corrected chi connectivity index (χ1v) is 10.7. The third-order valence-corrected chi connectivity index (χ3v) is 5.89. The van der Waals surface area contributed by atoms with Gasteiger partial charge in [0.15, 0.2) is 0 Å². The molecule has 0 fully saturated rings. The van der Waals surface area contributed by atoms with Gasteiger partial charge in [-0.25, -0.2) is 18.6 Å². The number of nitrogens with one attached hydrogen (secondary N) is 3. The standard InChI is InChI=1S/C21H20ClN3O3S/c22-18-11-13-19(14-12-18)29(27,28)23-15-20(16-7-3-1-4-8-16)24-25-21(26)17-9-5-2-6-10-17/h1-14,20,23-24H,15H2,(H,25,26). The first kappa shape index (κ1) is 21.0. The molecule has 3 rings (SSSR count). The van der Waals surface area contributed by atoms with Crippen LogP contribution in [0, 0.1) is 0 Å². The van der Waals surface area contributed by atoms with Crippen molar-refractivity contribution in [3.05, 3.63) is 101 Å². The molecule has 0 aliphatic carbocycles. The molecule has 3 aromatic carbocycles. The van der Waals surface area contributed by atoms with Crippen molar-refractivity contribution in [3.8, 4) is 0 Å². The van der Waals surface area contributed by atoms with Crippen molar-refractivity contribution in [2.24, 2.45) is 0 Å². The van der Waals surface area contributed by atoms with E-state index in [0.29, 0.717) is 10.6 Å². The first-order valence-electron chi connectivity index (χ1n) is 8.87. The largest absolute Gasteiger partial charge is 0.287 e. The third kappa shape index (κ3) is 5.88. The number of sulfonamides is 1. The van der Waals surface area contributed by atoms with Crippen molar-refractivity contribution in [1.29, 1.82) is 0 Å². The lowest BCUT2D eigenvalue weighted by atomic mass is 10.1. The van der Waals surface area contributed by atoms with Crippen molar-refractivity contribution in [2.75, 3.05) is 6.54 Å². The van der Waals surface area contributed by atoms with Crippen molar-refractivity contribution >= 4 is 27.5 Å². The number of hydrogen-bond donors (Lipinski definition) is 3. The van der Waals surface area contributed by atoms with Gasteiger partial charge in [0, 0.05) is 17.1 Å². The minimum absolute atomic E-state index is 0.0318. The van der Waals surface area contributed by atoms with E-state index in [4.69, 9.17) is 11.6 Å². The fourth-order valence-electron chi connectivity index (χ4n) is 2.64. The molecule has 1 amide bonds. The fourth-order valence-corrected chi connectivity index (χ4v) is 3.82. The second-order valence-electron chi connectivity index (χ2n) is 6.23. The minimum Gasteiger partial charge on any atom is -0.287 e. The number of carbonyl (C=O) groups excluding carboxylic acids is 1. The lowest BCUT2D eigenvalue weighted by molar-refractivity contribution is 0.0925. The van der Waals surface area contributed by atoms with E-state index >= 15 is 0 Å². The van der Waals surface area contributed by atoms with Crippen LogP contribution >= 0.6 is 11.6 Å². The van der Waals surface area contributed by atoms with Crippen molar-refractivity contribution in [2.45, 2.75) is 10.9 Å². The highest BCUT2D eigenvalue weighted by Gasteiger charge is 2.19. The minimum atomic E-state index is -3.73. The molecule has 0 saturated carbocycles. The highest BCUT2D eigenvalue weighted by Crippen LogP contribution is 2.16. The summed E-state index contributed by atoms with van der Waals surface area (Å²) in [7, 11) is -3.73. The van der Waals surface area contributed by atoms with Crippen LogP contribution in [0.25, 0.3) is 0 Å². The number of rotatable bonds is 8. The molecule has 0 aromatic heterocycles. The highest BCUT2D eigenvalue weighted by atomic mass is 35.5. The van der Waals surface area contributed by atoms with Crippen molar-refractivity contribution in [3.63, 3.8) is 0 Å². The molecule has 0 bridgehead atoms. The van der Waals surface area contributed by atoms with Gasteiger partial charge in [0.05, 0.1) is 10.9 Å². The topological polar surface area (TPSA) is 87.3 Å². The fraction of sp³-hybridized carbons (Fsp3) is 0.0952. The Morgan fingerprint density at radius 2 is 1.45 bits per heavy atom. The molecular formula is C21H20ClN3O3S. The van der Waals surface area contributed by atoms with E-state index in [1.54, 1.807) is 24.3 Å². The molecule has 3 aromatic rings. The molecule has 29 heavy (non-hydrogen) atoms. The zero-order valence-corrected chi connectivity index (χ0v) is 17.0. The van der Waals surface area contributed by atoms with Gasteiger partial charge in [0.1, 0.15) is 0 Å². The quantitative estimate of drug-likeness (QED) is 0.479. The first-order chi connectivity index (χ1) is 14.0. The summed E-state index contributed by atoms with van der Waals surface area (Å²) in [6.07, 6.45) is 0. The van der Waals surface area contributed by atoms with E-state index in [1.807, 2.05) is 36.4 Å². The summed E-state index contributed by atoms with van der Waals surface area (Å²) >= 11 is 5.83. The highest BCUT2D eigenvalue weighted by molar-refractivity contribution is 7.89. The molecule has 0 aliphatic rings. The Bertz CT molecular complexity index is 1040. The van der Waals surface area contributed by atoms with E-state index in [0.717, 1.165) is 5.56 Å². The van der Waals surface area contributed by atoms with Gasteiger partial charge in [-0.15, -0.1) is 0 Å². The van der Waals surface area contributed by atoms with Crippen molar-refractivity contribution in [1.82, 2.24) is 15.6 Å². The van der Waals surface area contributed by atoms with Crippen molar-refractivity contribution < 1.29 is 13.2 Å². The SMILES string of the molecule is O=C(NNC(CNS(=O)(=O)c1ccc(Cl)cc1)c1ccccc1)c1ccccc1. The third-order valence-electron chi connectivity index (χ3n) is 4.20. The molecule has 150 valence electrons. The van der Waals surface area contributed by atoms with Gasteiger partial charge in [0.2, 0.25) is 10.0 Å². The molecule has 0 heterocycles. The van der Waals surface area contributed by atoms with Gasteiger partial charge in [-0.1, -0.05) is 60.1 Å². The van der Waals surface area contributed by atoms with Crippen LogP contribution in [0.1, 0.15) is 22.0 Å². The summed E-state index contributed by atoms with van der Waals surface area (Å²) in [6, 6.07) is 23.4. The molecule has 3 N–H and O–H groups in total. The van der Waals surface area contributed by atoms with Gasteiger partial charge >= 0.3 is 0 Å². The molecule has 0 aliphatic heterocycles. The molecular weight excluding hydrogens is 410 g/mol. The Morgan fingerprint density at radius 3 is 2.07 bits per heavy atom. The average molecular weight is 430 g/mol. The molecule has 1 unspecified atom stereocenters. The predicted molar refractivity (Wildman–Crippen MR) is 113 cm³/mol. The maximum absolute atomic E-state index is 12.6. The van der Waals surface area contributed by atoms with E-state index in [2.05, 4.69) is 15.6 Å². The van der Waals surface area contributed by atoms with Crippen LogP contribution in [0.5, 0.6) is 0 Å². The van der Waals surface area contributed by atoms with Crippen LogP contribution in [0.2, 0.25) is 5.02 Å². The Morgan fingerprint density at radius 1 is 0.862 bits per heavy atom. The molecule has 8 heteroatoms. The molecule has 0 radical (unpaired) electrons. The summed E-state index contributed by atoms with van der Waals surface area (Å²) in [5, 5.41) is 0.455. The van der Waals surface area contributed by atoms with E-state index in [9.17, 15) is 13.2 Å². The monoisotopic (exact) mass is 429 g/mol. The molecule has 1 atom stereocenters. The summed E-state index contributed by atoms with van der Waals surface area (Å²) in [4.78, 5) is 12.4. The number of hydrazine groups is 1. The lowest BCUT2D eigenvalue weighted by Gasteiger charge is -2.20. The summed E-state index contributed by atoms with van der Waals surface area (Å²) in [5.74, 6) is -0.313. The molecule has 6 nitrogen and oxygen atoms in total. The van der Waals surface area contributed by atoms with Crippen LogP contribution < -0.4 is 15.6 Å². The van der Waals surface area contributed by atoms with E-state index < -0.39 is 16.1 Å².